The molecule has 0 aliphatic carbocycles. The van der Waals surface area contributed by atoms with Crippen LogP contribution in [0.3, 0.4) is 0 Å². The average molecular weight is 345 g/mol. The number of carbonyl (C=O) groups is 1. The van der Waals surface area contributed by atoms with E-state index in [2.05, 4.69) is 51.3 Å². The van der Waals surface area contributed by atoms with Crippen molar-refractivity contribution in [3.8, 4) is 5.69 Å². The minimum atomic E-state index is -0.503. The highest BCUT2D eigenvalue weighted by atomic mass is 16.2. The molecule has 1 unspecified atom stereocenters. The van der Waals surface area contributed by atoms with Crippen molar-refractivity contribution in [2.75, 3.05) is 16.0 Å². The lowest BCUT2D eigenvalue weighted by Gasteiger charge is -2.15. The van der Waals surface area contributed by atoms with Crippen LogP contribution in [0, 0.1) is 0 Å². The van der Waals surface area contributed by atoms with Crippen molar-refractivity contribution in [3.05, 3.63) is 66.2 Å². The molecular formula is C20H19N5O. The Balaban J connectivity index is 1.42. The van der Waals surface area contributed by atoms with Crippen LogP contribution in [0.4, 0.5) is 17.1 Å². The lowest BCUT2D eigenvalue weighted by molar-refractivity contribution is -0.119. The topological polar surface area (TPSA) is 71.0 Å². The number of benzene rings is 2. The predicted molar refractivity (Wildman–Crippen MR) is 102 cm³/mol. The highest BCUT2D eigenvalue weighted by Gasteiger charge is 2.39. The first-order valence-electron chi connectivity index (χ1n) is 8.64. The summed E-state index contributed by atoms with van der Waals surface area (Å²) in [7, 11) is 0. The Morgan fingerprint density at radius 1 is 1.04 bits per heavy atom. The number of carbonyl (C=O) groups excluding carboxylic acids is 1. The summed E-state index contributed by atoms with van der Waals surface area (Å²) in [6.07, 6.45) is 5.48. The summed E-state index contributed by atoms with van der Waals surface area (Å²) in [5.41, 5.74) is 5.67. The molecule has 6 heteroatoms. The molecular weight excluding hydrogens is 326 g/mol. The van der Waals surface area contributed by atoms with Gasteiger partial charge in [-0.05, 0) is 49.2 Å². The Labute approximate surface area is 151 Å². The largest absolute Gasteiger partial charge is 0.360 e. The first-order chi connectivity index (χ1) is 12.5. The van der Waals surface area contributed by atoms with Crippen molar-refractivity contribution in [1.29, 1.82) is 0 Å². The zero-order valence-corrected chi connectivity index (χ0v) is 14.6. The van der Waals surface area contributed by atoms with E-state index >= 15 is 0 Å². The highest BCUT2D eigenvalue weighted by molar-refractivity contribution is 6.07. The number of hydrogen-bond donors (Lipinski definition) is 3. The van der Waals surface area contributed by atoms with Crippen molar-refractivity contribution in [2.24, 2.45) is 0 Å². The van der Waals surface area contributed by atoms with Crippen molar-refractivity contribution in [1.82, 2.24) is 9.55 Å². The molecule has 6 nitrogen and oxygen atoms in total. The number of aromatic nitrogens is 2. The van der Waals surface area contributed by atoms with E-state index in [9.17, 15) is 4.79 Å². The van der Waals surface area contributed by atoms with Gasteiger partial charge in [-0.3, -0.25) is 4.79 Å². The van der Waals surface area contributed by atoms with E-state index in [1.165, 1.54) is 0 Å². The van der Waals surface area contributed by atoms with Gasteiger partial charge in [0, 0.05) is 23.8 Å². The quantitative estimate of drug-likeness (QED) is 0.663. The molecule has 2 aliphatic rings. The summed E-state index contributed by atoms with van der Waals surface area (Å²) in [5, 5.41) is 9.99. The third-order valence-corrected chi connectivity index (χ3v) is 5.28. The molecule has 3 N–H and O–H groups in total. The summed E-state index contributed by atoms with van der Waals surface area (Å²) in [6, 6.07) is 12.5. The number of imidazole rings is 1. The fourth-order valence-corrected chi connectivity index (χ4v) is 3.62. The lowest BCUT2D eigenvalue weighted by atomic mass is 9.86. The van der Waals surface area contributed by atoms with Gasteiger partial charge in [0.15, 0.2) is 0 Å². The first kappa shape index (κ1) is 15.0. The van der Waals surface area contributed by atoms with Crippen LogP contribution in [0.2, 0.25) is 0 Å². The summed E-state index contributed by atoms with van der Waals surface area (Å²) in [6.45, 7) is 3.91. The second kappa shape index (κ2) is 5.11. The van der Waals surface area contributed by atoms with Gasteiger partial charge in [-0.1, -0.05) is 12.1 Å². The van der Waals surface area contributed by atoms with E-state index in [-0.39, 0.29) is 12.1 Å². The number of nitrogens with zero attached hydrogens (tertiary/aromatic N) is 2. The second-order valence-corrected chi connectivity index (χ2v) is 7.31. The maximum Gasteiger partial charge on any atom is 0.234 e. The molecule has 1 aromatic heterocycles. The molecule has 2 aliphatic heterocycles. The molecule has 26 heavy (non-hydrogen) atoms. The molecule has 1 atom stereocenters. The fraction of sp³-hybridized carbons (Fsp3) is 0.200. The Kier molecular flexibility index (Phi) is 2.95. The third kappa shape index (κ3) is 2.12. The number of amides is 1. The normalized spacial score (nSPS) is 19.3. The molecule has 2 aromatic carbocycles. The smallest absolute Gasteiger partial charge is 0.234 e. The molecule has 3 aromatic rings. The van der Waals surface area contributed by atoms with Crippen LogP contribution in [0.15, 0.2) is 55.1 Å². The van der Waals surface area contributed by atoms with Gasteiger partial charge in [-0.25, -0.2) is 4.98 Å². The average Bonchev–Trinajstić information content (AvgIpc) is 3.34. The molecule has 3 heterocycles. The van der Waals surface area contributed by atoms with Gasteiger partial charge in [-0.15, -0.1) is 0 Å². The van der Waals surface area contributed by atoms with E-state index in [4.69, 9.17) is 0 Å². The number of nitrogens with one attached hydrogen (secondary N) is 3. The Bertz CT molecular complexity index is 1010. The Hall–Kier alpha value is -3.28. The monoisotopic (exact) mass is 345 g/mol. The van der Waals surface area contributed by atoms with Gasteiger partial charge in [-0.2, -0.15) is 0 Å². The van der Waals surface area contributed by atoms with Gasteiger partial charge in [0.05, 0.1) is 23.1 Å². The maximum atomic E-state index is 12.1. The summed E-state index contributed by atoms with van der Waals surface area (Å²) >= 11 is 0. The molecule has 0 fully saturated rings. The fourth-order valence-electron chi connectivity index (χ4n) is 3.62. The maximum absolute atomic E-state index is 12.1. The molecule has 0 bridgehead atoms. The molecule has 0 saturated carbocycles. The standard InChI is InChI=1S/C20H19N5O/c1-20(2)14-9-16-17(10-15(14)24-19(20)26)23-18(22-16)12-3-5-13(6-4-12)25-8-7-21-11-25/h3-11,18,22-23H,1-2H3,(H,24,26). The summed E-state index contributed by atoms with van der Waals surface area (Å²) in [5.74, 6) is 0.0443. The molecule has 1 amide bonds. The van der Waals surface area contributed by atoms with Crippen LogP contribution < -0.4 is 16.0 Å². The summed E-state index contributed by atoms with van der Waals surface area (Å²) in [4.78, 5) is 16.2. The van der Waals surface area contributed by atoms with Gasteiger partial charge in [0.2, 0.25) is 5.91 Å². The van der Waals surface area contributed by atoms with Crippen LogP contribution in [0.5, 0.6) is 0 Å². The summed E-state index contributed by atoms with van der Waals surface area (Å²) < 4.78 is 1.98. The van der Waals surface area contributed by atoms with Crippen molar-refractivity contribution in [3.63, 3.8) is 0 Å². The zero-order chi connectivity index (χ0) is 17.9. The van der Waals surface area contributed by atoms with Crippen molar-refractivity contribution >= 4 is 23.0 Å². The van der Waals surface area contributed by atoms with Crippen LogP contribution >= 0.6 is 0 Å². The highest BCUT2D eigenvalue weighted by Crippen LogP contribution is 2.45. The van der Waals surface area contributed by atoms with Gasteiger partial charge < -0.3 is 20.5 Å². The number of hydrogen-bond acceptors (Lipinski definition) is 4. The van der Waals surface area contributed by atoms with E-state index in [0.29, 0.717) is 0 Å². The van der Waals surface area contributed by atoms with E-state index in [0.717, 1.165) is 33.9 Å². The van der Waals surface area contributed by atoms with Crippen LogP contribution in [-0.2, 0) is 10.2 Å². The first-order valence-corrected chi connectivity index (χ1v) is 8.64. The van der Waals surface area contributed by atoms with Crippen molar-refractivity contribution in [2.45, 2.75) is 25.4 Å². The molecule has 0 radical (unpaired) electrons. The van der Waals surface area contributed by atoms with Crippen LogP contribution in [-0.4, -0.2) is 15.5 Å². The number of rotatable bonds is 2. The molecule has 130 valence electrons. The number of fused-ring (bicyclic) bond motifs is 2. The number of anilines is 3. The SMILES string of the molecule is CC1(C)C(=O)Nc2cc3c(cc21)NC(c1ccc(-n2ccnc2)cc1)N3. The van der Waals surface area contributed by atoms with Gasteiger partial charge >= 0.3 is 0 Å². The Morgan fingerprint density at radius 3 is 2.46 bits per heavy atom. The van der Waals surface area contributed by atoms with Crippen molar-refractivity contribution < 1.29 is 4.79 Å². The predicted octanol–water partition coefficient (Wildman–Crippen LogP) is 3.64. The second-order valence-electron chi connectivity index (χ2n) is 7.31. The van der Waals surface area contributed by atoms with E-state index < -0.39 is 5.41 Å². The molecule has 0 saturated heterocycles. The van der Waals surface area contributed by atoms with Gasteiger partial charge in [0.25, 0.3) is 0 Å². The van der Waals surface area contributed by atoms with Gasteiger partial charge in [0.1, 0.15) is 6.17 Å². The Morgan fingerprint density at radius 2 is 1.77 bits per heavy atom. The van der Waals surface area contributed by atoms with Crippen LogP contribution in [0.25, 0.3) is 5.69 Å². The third-order valence-electron chi connectivity index (χ3n) is 5.28. The minimum absolute atomic E-state index is 0.00294. The van der Waals surface area contributed by atoms with Crippen LogP contribution in [0.1, 0.15) is 31.1 Å². The molecule has 0 spiro atoms. The minimum Gasteiger partial charge on any atom is -0.360 e. The zero-order valence-electron chi connectivity index (χ0n) is 14.6. The lowest BCUT2D eigenvalue weighted by Crippen LogP contribution is -2.26. The van der Waals surface area contributed by atoms with E-state index in [1.807, 2.05) is 30.7 Å². The van der Waals surface area contributed by atoms with E-state index in [1.54, 1.807) is 12.5 Å². The molecule has 5 rings (SSSR count).